The van der Waals surface area contributed by atoms with Gasteiger partial charge >= 0.3 is 12.4 Å². The van der Waals surface area contributed by atoms with E-state index in [0.29, 0.717) is 18.3 Å². The number of hydrogen-bond acceptors (Lipinski definition) is 0. The number of alkyl halides is 6. The van der Waals surface area contributed by atoms with E-state index >= 15 is 0 Å². The maximum atomic E-state index is 11.5. The zero-order valence-corrected chi connectivity index (χ0v) is 39.7. The van der Waals surface area contributed by atoms with Crippen LogP contribution in [0.5, 0.6) is 0 Å². The molecule has 332 valence electrons. The van der Waals surface area contributed by atoms with Crippen LogP contribution in [0, 0.1) is 46.3 Å². The third-order valence-corrected chi connectivity index (χ3v) is 7.05. The van der Waals surface area contributed by atoms with Crippen LogP contribution >= 0.6 is 0 Å². The molecule has 0 amide bonds. The van der Waals surface area contributed by atoms with Gasteiger partial charge < -0.3 is 0 Å². The van der Waals surface area contributed by atoms with Crippen LogP contribution in [0.1, 0.15) is 258 Å². The molecule has 2 atom stereocenters. The fraction of sp³-hybridized carbons (Fsp3) is 1.00. The monoisotopic (exact) mass is 788 g/mol. The van der Waals surface area contributed by atoms with Crippen LogP contribution in [0.3, 0.4) is 0 Å². The predicted octanol–water partition coefficient (Wildman–Crippen LogP) is 20.0. The third-order valence-electron chi connectivity index (χ3n) is 7.05. The summed E-state index contributed by atoms with van der Waals surface area (Å²) < 4.78 is 120. The lowest BCUT2D eigenvalue weighted by molar-refractivity contribution is -0.144. The van der Waals surface area contributed by atoms with Crippen molar-refractivity contribution in [1.29, 1.82) is 0 Å². The molecule has 2 aliphatic carbocycles. The zero-order valence-electron chi connectivity index (χ0n) is 46.7. The molecular formula is C47H102F6. The summed E-state index contributed by atoms with van der Waals surface area (Å²) in [6.07, 6.45) is 0.818. The first-order valence-corrected chi connectivity index (χ1v) is 20.7. The van der Waals surface area contributed by atoms with E-state index in [4.69, 9.17) is 9.60 Å². The van der Waals surface area contributed by atoms with Gasteiger partial charge in [-0.1, -0.05) is 236 Å². The van der Waals surface area contributed by atoms with Crippen molar-refractivity contribution in [2.75, 3.05) is 0 Å². The number of halogens is 6. The van der Waals surface area contributed by atoms with Gasteiger partial charge in [0, 0.05) is 22.4 Å². The van der Waals surface area contributed by atoms with Gasteiger partial charge in [-0.2, -0.15) is 26.3 Å². The second kappa shape index (κ2) is 41.2. The molecular weight excluding hydrogens is 679 g/mol. The Balaban J connectivity index is -0.000000107. The van der Waals surface area contributed by atoms with Crippen molar-refractivity contribution in [1.82, 2.24) is 0 Å². The predicted molar refractivity (Wildman–Crippen MR) is 232 cm³/mol. The van der Waals surface area contributed by atoms with Crippen LogP contribution in [0.15, 0.2) is 0 Å². The van der Waals surface area contributed by atoms with Crippen molar-refractivity contribution in [3.8, 4) is 0 Å². The Labute approximate surface area is 342 Å². The Morgan fingerprint density at radius 1 is 0.566 bits per heavy atom. The largest absolute Gasteiger partial charge is 0.389 e. The summed E-state index contributed by atoms with van der Waals surface area (Å²) in [5, 5.41) is 0. The molecule has 0 N–H and O–H groups in total. The molecule has 0 aromatic heterocycles. The molecule has 0 radical (unpaired) electrons. The van der Waals surface area contributed by atoms with Gasteiger partial charge in [0.25, 0.3) is 0 Å². The Kier molecular flexibility index (Phi) is 39.4. The molecule has 0 aliphatic heterocycles. The molecule has 53 heavy (non-hydrogen) atoms. The SMILES string of the molecule is CC.CC(C)(C)C.CC[C@H](C)CC(F)(F)F.CC[C@H](C)CC(F)(F)F.[2H]C(C)(C)C.[2H]C([2H])(C)C(C)(C)C.[2H]C([2H])(C)C(C)C.[2H]C1(C)CCCC1.[2H]C1(C)CCCCC1. The molecule has 0 aromatic carbocycles. The first-order chi connectivity index (χ1) is 26.0. The van der Waals surface area contributed by atoms with E-state index in [-0.39, 0.29) is 40.9 Å². The summed E-state index contributed by atoms with van der Waals surface area (Å²) in [6.45, 7) is 41.8. The van der Waals surface area contributed by atoms with E-state index in [0.717, 1.165) is 25.7 Å². The lowest BCUT2D eigenvalue weighted by Crippen LogP contribution is -2.12. The standard InChI is InChI=1S/C7H14.2C6H11F3.C6H12.C6H14.2C5H12.C4H10.C2H6/c1-7-5-3-2-4-6-7;2*1-3-5(2)4-6(7,8)9;1-6-4-2-3-5-6;1-5-6(2,3)4;1-5(2,3)4;1-4-5(2)3;1-4(2)3;1-2/h7H,2-6H2,1H3;2*5H,3-4H2,1-2H3;6H,2-5H2,1H3;5H2,1-4H3;1-4H3;5H,4H2,1-3H3;4H,1-3H3;1-2H3/t;2*5-;;;;;;/m.00....../s1/i7D;;;6D;5D2;;4D2;4D;. The number of rotatable bonds is 5. The Morgan fingerprint density at radius 3 is 0.830 bits per heavy atom. The third kappa shape index (κ3) is 112. The van der Waals surface area contributed by atoms with E-state index in [1.54, 1.807) is 41.5 Å². The van der Waals surface area contributed by atoms with Crippen molar-refractivity contribution >= 4 is 0 Å². The van der Waals surface area contributed by atoms with E-state index in [1.807, 2.05) is 83.1 Å². The van der Waals surface area contributed by atoms with Crippen LogP contribution in [-0.4, -0.2) is 12.4 Å². The highest BCUT2D eigenvalue weighted by atomic mass is 19.4. The Bertz CT molecular complexity index is 854. The van der Waals surface area contributed by atoms with E-state index < -0.39 is 37.9 Å². The van der Waals surface area contributed by atoms with Crippen LogP contribution < -0.4 is 0 Å². The van der Waals surface area contributed by atoms with Gasteiger partial charge in [0.2, 0.25) is 0 Å². The van der Waals surface area contributed by atoms with Crippen molar-refractivity contribution in [2.24, 2.45) is 46.3 Å². The van der Waals surface area contributed by atoms with Crippen molar-refractivity contribution in [2.45, 2.75) is 261 Å². The van der Waals surface area contributed by atoms with Gasteiger partial charge in [-0.3, -0.25) is 0 Å². The molecule has 0 heterocycles. The molecule has 2 saturated carbocycles. The molecule has 2 rings (SSSR count). The molecule has 0 bridgehead atoms. The van der Waals surface area contributed by atoms with Gasteiger partial charge in [-0.05, 0) is 46.3 Å². The average Bonchev–Trinajstić information content (AvgIpc) is 3.38. The highest BCUT2D eigenvalue weighted by molar-refractivity contribution is 4.61. The zero-order chi connectivity index (χ0) is 50.4. The summed E-state index contributed by atoms with van der Waals surface area (Å²) in [6, 6.07) is 0. The molecule has 0 nitrogen and oxygen atoms in total. The van der Waals surface area contributed by atoms with Crippen molar-refractivity contribution in [3.63, 3.8) is 0 Å². The Morgan fingerprint density at radius 2 is 0.755 bits per heavy atom. The summed E-state index contributed by atoms with van der Waals surface area (Å²) in [5.74, 6) is -0.708. The minimum atomic E-state index is -3.98. The minimum absolute atomic E-state index is 0.0556. The molecule has 0 aromatic rings. The molecule has 0 saturated heterocycles. The van der Waals surface area contributed by atoms with Crippen LogP contribution in [0.4, 0.5) is 26.3 Å². The smallest absolute Gasteiger partial charge is 0.171 e. The summed E-state index contributed by atoms with van der Waals surface area (Å²) in [4.78, 5) is 0. The molecule has 0 unspecified atom stereocenters. The topological polar surface area (TPSA) is 0 Å². The van der Waals surface area contributed by atoms with E-state index in [1.165, 1.54) is 32.1 Å². The molecule has 2 fully saturated rings. The summed E-state index contributed by atoms with van der Waals surface area (Å²) in [5.41, 5.74) is 0.271. The maximum absolute atomic E-state index is 11.5. The quantitative estimate of drug-likeness (QED) is 0.244. The Hall–Kier alpha value is -0.420. The molecule has 2 aliphatic rings. The average molecular weight is 788 g/mol. The highest BCUT2D eigenvalue weighted by Gasteiger charge is 2.29. The van der Waals surface area contributed by atoms with E-state index in [9.17, 15) is 26.3 Å². The summed E-state index contributed by atoms with van der Waals surface area (Å²) >= 11 is 0. The van der Waals surface area contributed by atoms with Crippen LogP contribution in [0.25, 0.3) is 0 Å². The van der Waals surface area contributed by atoms with Gasteiger partial charge in [0.1, 0.15) is 0 Å². The van der Waals surface area contributed by atoms with Crippen molar-refractivity contribution in [3.05, 3.63) is 0 Å². The first kappa shape index (κ1) is 50.6. The van der Waals surface area contributed by atoms with Gasteiger partial charge in [0.05, 0.1) is 0 Å². The fourth-order valence-corrected chi connectivity index (χ4v) is 3.21. The maximum Gasteiger partial charge on any atom is 0.389 e. The second-order valence-electron chi connectivity index (χ2n) is 17.8. The van der Waals surface area contributed by atoms with Crippen LogP contribution in [0.2, 0.25) is 0 Å². The van der Waals surface area contributed by atoms with Crippen molar-refractivity contribution < 1.29 is 35.9 Å². The van der Waals surface area contributed by atoms with Gasteiger partial charge in [0.15, 0.2) is 0 Å². The normalized spacial score (nSPS) is 19.6. The molecule has 6 heteroatoms. The van der Waals surface area contributed by atoms with Crippen LogP contribution in [-0.2, 0) is 0 Å². The van der Waals surface area contributed by atoms with Gasteiger partial charge in [-0.15, -0.1) is 0 Å². The minimum Gasteiger partial charge on any atom is -0.171 e. The van der Waals surface area contributed by atoms with Gasteiger partial charge in [-0.25, -0.2) is 0 Å². The lowest BCUT2D eigenvalue weighted by Gasteiger charge is -2.15. The fourth-order valence-electron chi connectivity index (χ4n) is 3.21. The number of hydrogen-bond donors (Lipinski definition) is 0. The summed E-state index contributed by atoms with van der Waals surface area (Å²) in [7, 11) is 0. The van der Waals surface area contributed by atoms with E-state index in [2.05, 4.69) is 27.7 Å². The highest BCUT2D eigenvalue weighted by Crippen LogP contribution is 2.27. The molecule has 0 spiro atoms. The second-order valence-corrected chi connectivity index (χ2v) is 17.8. The lowest BCUT2D eigenvalue weighted by atomic mass is 9.91. The first-order valence-electron chi connectivity index (χ1n) is 24.2.